The Morgan fingerprint density at radius 3 is 2.81 bits per heavy atom. The number of hydrogen-bond donors (Lipinski definition) is 1. The average molecular weight is 428 g/mol. The summed E-state index contributed by atoms with van der Waals surface area (Å²) in [6.07, 6.45) is 4.23. The fraction of sp³-hybridized carbons (Fsp3) is 0.500. The lowest BCUT2D eigenvalue weighted by molar-refractivity contribution is -0.123. The first-order valence-electron chi connectivity index (χ1n) is 10.8. The number of methoxy groups -OCH3 is 3. The normalized spacial score (nSPS) is 17.7. The molecule has 0 spiro atoms. The first-order valence-corrected chi connectivity index (χ1v) is 10.8. The van der Waals surface area contributed by atoms with Gasteiger partial charge in [-0.1, -0.05) is 6.07 Å². The number of hydrogen-bond acceptors (Lipinski definition) is 6. The van der Waals surface area contributed by atoms with Crippen molar-refractivity contribution in [3.63, 3.8) is 0 Å². The maximum absolute atomic E-state index is 12.5. The molecular formula is C24H33N3O4. The van der Waals surface area contributed by atoms with E-state index in [0.717, 1.165) is 55.2 Å². The van der Waals surface area contributed by atoms with Crippen LogP contribution >= 0.6 is 0 Å². The number of amides is 1. The number of carbonyl (C=O) groups is 1. The van der Waals surface area contributed by atoms with Crippen molar-refractivity contribution < 1.29 is 19.0 Å². The monoisotopic (exact) mass is 427 g/mol. The second kappa shape index (κ2) is 11.7. The van der Waals surface area contributed by atoms with Crippen molar-refractivity contribution in [2.45, 2.75) is 31.8 Å². The molecule has 1 aliphatic rings. The molecule has 1 fully saturated rings. The molecule has 1 saturated heterocycles. The highest BCUT2D eigenvalue weighted by Crippen LogP contribution is 2.32. The average Bonchev–Trinajstić information content (AvgIpc) is 2.81. The number of nitrogens with zero attached hydrogens (tertiary/aromatic N) is 2. The van der Waals surface area contributed by atoms with Gasteiger partial charge in [0, 0.05) is 38.4 Å². The Labute approximate surface area is 184 Å². The number of nitrogens with one attached hydrogen (secondary N) is 1. The molecule has 7 heteroatoms. The highest BCUT2D eigenvalue weighted by molar-refractivity contribution is 5.76. The van der Waals surface area contributed by atoms with Crippen LogP contribution in [0.5, 0.6) is 11.5 Å². The third-order valence-corrected chi connectivity index (χ3v) is 5.75. The highest BCUT2D eigenvalue weighted by Gasteiger charge is 2.30. The minimum atomic E-state index is -0.124. The summed E-state index contributed by atoms with van der Waals surface area (Å²) in [7, 11) is 4.97. The first kappa shape index (κ1) is 23.0. The van der Waals surface area contributed by atoms with E-state index in [9.17, 15) is 4.79 Å². The molecule has 1 aromatic heterocycles. The van der Waals surface area contributed by atoms with E-state index in [2.05, 4.69) is 15.2 Å². The van der Waals surface area contributed by atoms with Crippen molar-refractivity contribution in [3.05, 3.63) is 53.9 Å². The second-order valence-corrected chi connectivity index (χ2v) is 7.86. The van der Waals surface area contributed by atoms with E-state index in [0.29, 0.717) is 13.0 Å². The molecule has 2 heterocycles. The predicted molar refractivity (Wildman–Crippen MR) is 119 cm³/mol. The number of benzene rings is 1. The zero-order valence-electron chi connectivity index (χ0n) is 18.7. The minimum absolute atomic E-state index is 0.0101. The Kier molecular flexibility index (Phi) is 8.67. The fourth-order valence-corrected chi connectivity index (χ4v) is 4.19. The van der Waals surface area contributed by atoms with E-state index in [4.69, 9.17) is 14.2 Å². The van der Waals surface area contributed by atoms with E-state index in [1.807, 2.05) is 36.4 Å². The van der Waals surface area contributed by atoms with Gasteiger partial charge in [-0.3, -0.25) is 14.7 Å². The number of carbonyl (C=O) groups excluding carboxylic acids is 1. The smallest absolute Gasteiger partial charge is 0.222 e. The van der Waals surface area contributed by atoms with Gasteiger partial charge in [0.2, 0.25) is 5.91 Å². The number of piperidine rings is 1. The molecule has 1 N–H and O–H groups in total. The van der Waals surface area contributed by atoms with Crippen molar-refractivity contribution in [3.8, 4) is 11.5 Å². The van der Waals surface area contributed by atoms with Crippen molar-refractivity contribution >= 4 is 5.91 Å². The quantitative estimate of drug-likeness (QED) is 0.628. The molecular weight excluding hydrogens is 394 g/mol. The van der Waals surface area contributed by atoms with Crippen molar-refractivity contribution in [2.75, 3.05) is 41.0 Å². The van der Waals surface area contributed by atoms with Gasteiger partial charge < -0.3 is 19.5 Å². The third-order valence-electron chi connectivity index (χ3n) is 5.75. The number of likely N-dealkylation sites (tertiary alicyclic amines) is 1. The Hall–Kier alpha value is -2.64. The van der Waals surface area contributed by atoms with E-state index in [1.54, 1.807) is 27.5 Å². The molecule has 0 radical (unpaired) electrons. The van der Waals surface area contributed by atoms with Gasteiger partial charge in [-0.2, -0.15) is 0 Å². The molecule has 2 unspecified atom stereocenters. The summed E-state index contributed by atoms with van der Waals surface area (Å²) in [6, 6.07) is 11.6. The number of aromatic nitrogens is 1. The largest absolute Gasteiger partial charge is 0.497 e. The van der Waals surface area contributed by atoms with Crippen LogP contribution in [0.1, 0.15) is 36.6 Å². The van der Waals surface area contributed by atoms with Gasteiger partial charge in [-0.15, -0.1) is 0 Å². The van der Waals surface area contributed by atoms with E-state index in [-0.39, 0.29) is 17.9 Å². The van der Waals surface area contributed by atoms with Crippen LogP contribution in [0.4, 0.5) is 0 Å². The third kappa shape index (κ3) is 6.42. The summed E-state index contributed by atoms with van der Waals surface area (Å²) in [5.74, 6) is 1.94. The summed E-state index contributed by atoms with van der Waals surface area (Å²) >= 11 is 0. The molecule has 168 valence electrons. The summed E-state index contributed by atoms with van der Waals surface area (Å²) < 4.78 is 16.0. The molecule has 0 saturated carbocycles. The van der Waals surface area contributed by atoms with Gasteiger partial charge >= 0.3 is 0 Å². The Balaban J connectivity index is 1.75. The number of ether oxygens (including phenoxy) is 3. The maximum atomic E-state index is 12.5. The van der Waals surface area contributed by atoms with Gasteiger partial charge in [-0.05, 0) is 55.6 Å². The van der Waals surface area contributed by atoms with Gasteiger partial charge in [0.15, 0.2) is 0 Å². The van der Waals surface area contributed by atoms with Crippen LogP contribution in [-0.2, 0) is 16.1 Å². The SMILES string of the molecule is COCCC(=O)NC(c1ccccn1)C1CCCN(Cc2cc(OC)ccc2OC)C1. The molecule has 1 aliphatic heterocycles. The van der Waals surface area contributed by atoms with Crippen LogP contribution in [0.15, 0.2) is 42.6 Å². The second-order valence-electron chi connectivity index (χ2n) is 7.86. The lowest BCUT2D eigenvalue weighted by Gasteiger charge is -2.37. The Morgan fingerprint density at radius 1 is 1.23 bits per heavy atom. The van der Waals surface area contributed by atoms with Crippen molar-refractivity contribution in [2.24, 2.45) is 5.92 Å². The van der Waals surface area contributed by atoms with Crippen LogP contribution in [0.2, 0.25) is 0 Å². The molecule has 3 rings (SSSR count). The zero-order valence-corrected chi connectivity index (χ0v) is 18.7. The zero-order chi connectivity index (χ0) is 22.1. The number of pyridine rings is 1. The molecule has 31 heavy (non-hydrogen) atoms. The molecule has 1 aromatic carbocycles. The van der Waals surface area contributed by atoms with Crippen LogP contribution < -0.4 is 14.8 Å². The molecule has 2 aromatic rings. The minimum Gasteiger partial charge on any atom is -0.497 e. The van der Waals surface area contributed by atoms with Crippen LogP contribution in [0, 0.1) is 5.92 Å². The summed E-state index contributed by atoms with van der Waals surface area (Å²) in [6.45, 7) is 3.05. The Morgan fingerprint density at radius 2 is 2.10 bits per heavy atom. The standard InChI is InChI=1S/C24H33N3O4/c1-29-14-11-23(28)26-24(21-8-4-5-12-25-21)18-7-6-13-27(16-18)17-19-15-20(30-2)9-10-22(19)31-3/h4-5,8-10,12,15,18,24H,6-7,11,13-14,16-17H2,1-3H3,(H,26,28). The van der Waals surface area contributed by atoms with Gasteiger partial charge in [0.05, 0.1) is 32.6 Å². The van der Waals surface area contributed by atoms with Gasteiger partial charge in [0.25, 0.3) is 0 Å². The molecule has 7 nitrogen and oxygen atoms in total. The van der Waals surface area contributed by atoms with Crippen LogP contribution in [-0.4, -0.2) is 56.8 Å². The topological polar surface area (TPSA) is 72.9 Å². The molecule has 0 aliphatic carbocycles. The van der Waals surface area contributed by atoms with E-state index >= 15 is 0 Å². The van der Waals surface area contributed by atoms with Gasteiger partial charge in [-0.25, -0.2) is 0 Å². The number of rotatable bonds is 10. The maximum Gasteiger partial charge on any atom is 0.222 e. The van der Waals surface area contributed by atoms with Crippen LogP contribution in [0.25, 0.3) is 0 Å². The summed E-state index contributed by atoms with van der Waals surface area (Å²) in [5.41, 5.74) is 2.00. The first-order chi connectivity index (χ1) is 15.1. The fourth-order valence-electron chi connectivity index (χ4n) is 4.19. The highest BCUT2D eigenvalue weighted by atomic mass is 16.5. The molecule has 0 bridgehead atoms. The summed E-state index contributed by atoms with van der Waals surface area (Å²) in [5, 5.41) is 3.21. The van der Waals surface area contributed by atoms with E-state index in [1.165, 1.54) is 0 Å². The van der Waals surface area contributed by atoms with Crippen LogP contribution in [0.3, 0.4) is 0 Å². The van der Waals surface area contributed by atoms with E-state index < -0.39 is 0 Å². The lowest BCUT2D eigenvalue weighted by Crippen LogP contribution is -2.43. The Bertz CT molecular complexity index is 831. The summed E-state index contributed by atoms with van der Waals surface area (Å²) in [4.78, 5) is 19.5. The lowest BCUT2D eigenvalue weighted by atomic mass is 9.88. The van der Waals surface area contributed by atoms with Gasteiger partial charge in [0.1, 0.15) is 11.5 Å². The molecule has 2 atom stereocenters. The predicted octanol–water partition coefficient (Wildman–Crippen LogP) is 3.20. The van der Waals surface area contributed by atoms with Crippen molar-refractivity contribution in [1.82, 2.24) is 15.2 Å². The molecule has 1 amide bonds. The van der Waals surface area contributed by atoms with Crippen molar-refractivity contribution in [1.29, 1.82) is 0 Å².